The summed E-state index contributed by atoms with van der Waals surface area (Å²) in [6.45, 7) is 6.27. The van der Waals surface area contributed by atoms with Crippen LogP contribution >= 0.6 is 0 Å². The molecular formula is C13H19FN2O. The van der Waals surface area contributed by atoms with Gasteiger partial charge >= 0.3 is 0 Å². The predicted octanol–water partition coefficient (Wildman–Crippen LogP) is 1.83. The van der Waals surface area contributed by atoms with Crippen molar-refractivity contribution in [2.24, 2.45) is 5.73 Å². The maximum atomic E-state index is 13.9. The van der Waals surface area contributed by atoms with Gasteiger partial charge in [-0.1, -0.05) is 12.1 Å². The summed E-state index contributed by atoms with van der Waals surface area (Å²) in [7, 11) is 0. The molecule has 0 saturated carbocycles. The van der Waals surface area contributed by atoms with Crippen LogP contribution < -0.4 is 10.6 Å². The largest absolute Gasteiger partial charge is 0.395 e. The first-order valence-corrected chi connectivity index (χ1v) is 5.62. The van der Waals surface area contributed by atoms with Crippen molar-refractivity contribution < 1.29 is 9.50 Å². The Balaban J connectivity index is 2.99. The van der Waals surface area contributed by atoms with Gasteiger partial charge in [0.25, 0.3) is 0 Å². The average Bonchev–Trinajstić information content (AvgIpc) is 2.28. The molecule has 4 heteroatoms. The number of rotatable bonds is 6. The molecule has 1 rings (SSSR count). The van der Waals surface area contributed by atoms with Crippen molar-refractivity contribution >= 4 is 5.69 Å². The third-order valence-corrected chi connectivity index (χ3v) is 2.56. The molecule has 0 bridgehead atoms. The number of nitrogens with zero attached hydrogens (tertiary/aromatic N) is 1. The Kier molecular flexibility index (Phi) is 5.12. The van der Waals surface area contributed by atoms with Crippen LogP contribution in [0.2, 0.25) is 0 Å². The Morgan fingerprint density at radius 2 is 2.29 bits per heavy atom. The summed E-state index contributed by atoms with van der Waals surface area (Å²) < 4.78 is 13.9. The van der Waals surface area contributed by atoms with Gasteiger partial charge in [0.1, 0.15) is 5.82 Å². The highest BCUT2D eigenvalue weighted by Gasteiger charge is 2.11. The van der Waals surface area contributed by atoms with Crippen molar-refractivity contribution in [2.75, 3.05) is 24.6 Å². The lowest BCUT2D eigenvalue weighted by Crippen LogP contribution is -2.27. The first-order valence-electron chi connectivity index (χ1n) is 5.62. The van der Waals surface area contributed by atoms with Crippen LogP contribution in [0.25, 0.3) is 0 Å². The third-order valence-electron chi connectivity index (χ3n) is 2.56. The van der Waals surface area contributed by atoms with Gasteiger partial charge in [-0.05, 0) is 24.6 Å². The molecule has 0 saturated heterocycles. The highest BCUT2D eigenvalue weighted by atomic mass is 19.1. The molecule has 0 radical (unpaired) electrons. The Labute approximate surface area is 101 Å². The first-order chi connectivity index (χ1) is 8.10. The summed E-state index contributed by atoms with van der Waals surface area (Å²) in [5.41, 5.74) is 6.91. The lowest BCUT2D eigenvalue weighted by Gasteiger charge is -2.23. The summed E-state index contributed by atoms with van der Waals surface area (Å²) >= 11 is 0. The smallest absolute Gasteiger partial charge is 0.146 e. The molecule has 0 aliphatic rings. The Morgan fingerprint density at radius 1 is 1.59 bits per heavy atom. The molecule has 3 N–H and O–H groups in total. The summed E-state index contributed by atoms with van der Waals surface area (Å²) in [5, 5.41) is 8.94. The zero-order valence-electron chi connectivity index (χ0n) is 10.1. The topological polar surface area (TPSA) is 49.5 Å². The van der Waals surface area contributed by atoms with Crippen LogP contribution in [0.1, 0.15) is 18.5 Å². The van der Waals surface area contributed by atoms with Gasteiger partial charge in [-0.3, -0.25) is 0 Å². The number of hydrogen-bond acceptors (Lipinski definition) is 3. The van der Waals surface area contributed by atoms with E-state index in [1.165, 1.54) is 6.07 Å². The molecule has 3 nitrogen and oxygen atoms in total. The van der Waals surface area contributed by atoms with E-state index in [1.807, 2.05) is 6.92 Å². The van der Waals surface area contributed by atoms with Crippen LogP contribution in [0.15, 0.2) is 30.9 Å². The lowest BCUT2D eigenvalue weighted by molar-refractivity contribution is 0.302. The molecule has 1 aromatic rings. The van der Waals surface area contributed by atoms with Gasteiger partial charge in [-0.25, -0.2) is 4.39 Å². The molecule has 17 heavy (non-hydrogen) atoms. The van der Waals surface area contributed by atoms with Crippen molar-refractivity contribution in [1.82, 2.24) is 0 Å². The van der Waals surface area contributed by atoms with Crippen LogP contribution in [0, 0.1) is 5.82 Å². The van der Waals surface area contributed by atoms with E-state index in [0.717, 1.165) is 5.56 Å². The zero-order chi connectivity index (χ0) is 12.8. The number of halogens is 1. The first kappa shape index (κ1) is 13.7. The van der Waals surface area contributed by atoms with Gasteiger partial charge in [0.2, 0.25) is 0 Å². The quantitative estimate of drug-likeness (QED) is 0.743. The molecule has 0 amide bonds. The van der Waals surface area contributed by atoms with Gasteiger partial charge in [-0.2, -0.15) is 0 Å². The van der Waals surface area contributed by atoms with E-state index in [-0.39, 0.29) is 18.5 Å². The van der Waals surface area contributed by atoms with E-state index < -0.39 is 0 Å². The second kappa shape index (κ2) is 6.37. The summed E-state index contributed by atoms with van der Waals surface area (Å²) in [6.07, 6.45) is 1.68. The molecule has 0 heterocycles. The molecular weight excluding hydrogens is 219 g/mol. The number of benzene rings is 1. The maximum absolute atomic E-state index is 13.9. The van der Waals surface area contributed by atoms with Crippen molar-refractivity contribution in [1.29, 1.82) is 0 Å². The summed E-state index contributed by atoms with van der Waals surface area (Å²) in [4.78, 5) is 1.73. The van der Waals surface area contributed by atoms with Crippen molar-refractivity contribution in [3.63, 3.8) is 0 Å². The highest BCUT2D eigenvalue weighted by molar-refractivity contribution is 5.50. The Bertz CT molecular complexity index is 380. The van der Waals surface area contributed by atoms with E-state index >= 15 is 0 Å². The normalized spacial score (nSPS) is 12.2. The molecule has 0 aliphatic heterocycles. The molecule has 1 aromatic carbocycles. The van der Waals surface area contributed by atoms with E-state index in [0.29, 0.717) is 18.8 Å². The van der Waals surface area contributed by atoms with Crippen molar-refractivity contribution in [3.8, 4) is 0 Å². The monoisotopic (exact) mass is 238 g/mol. The lowest BCUT2D eigenvalue weighted by atomic mass is 10.1. The average molecular weight is 238 g/mol. The van der Waals surface area contributed by atoms with Crippen molar-refractivity contribution in [2.45, 2.75) is 13.0 Å². The fourth-order valence-corrected chi connectivity index (χ4v) is 1.65. The SMILES string of the molecule is C=CCN(CCO)c1ccc([C@H](C)N)cc1F. The van der Waals surface area contributed by atoms with E-state index in [4.69, 9.17) is 10.8 Å². The number of nitrogens with two attached hydrogens (primary N) is 1. The van der Waals surface area contributed by atoms with Crippen LogP contribution in [0.3, 0.4) is 0 Å². The molecule has 0 spiro atoms. The Morgan fingerprint density at radius 3 is 2.76 bits per heavy atom. The number of aliphatic hydroxyl groups excluding tert-OH is 1. The second-order valence-electron chi connectivity index (χ2n) is 3.96. The number of hydrogen-bond donors (Lipinski definition) is 2. The van der Waals surface area contributed by atoms with Crippen LogP contribution in [0.4, 0.5) is 10.1 Å². The van der Waals surface area contributed by atoms with E-state index in [1.54, 1.807) is 23.1 Å². The van der Waals surface area contributed by atoms with E-state index in [9.17, 15) is 4.39 Å². The van der Waals surface area contributed by atoms with Gasteiger partial charge in [0.05, 0.1) is 12.3 Å². The predicted molar refractivity (Wildman–Crippen MR) is 68.5 cm³/mol. The minimum absolute atomic E-state index is 0.0255. The van der Waals surface area contributed by atoms with Gasteiger partial charge in [0, 0.05) is 19.1 Å². The molecule has 0 aliphatic carbocycles. The fraction of sp³-hybridized carbons (Fsp3) is 0.385. The molecule has 1 atom stereocenters. The summed E-state index contributed by atoms with van der Waals surface area (Å²) in [5.74, 6) is -0.324. The maximum Gasteiger partial charge on any atom is 0.146 e. The van der Waals surface area contributed by atoms with Crippen LogP contribution in [-0.4, -0.2) is 24.8 Å². The van der Waals surface area contributed by atoms with Gasteiger partial charge in [0.15, 0.2) is 0 Å². The number of aliphatic hydroxyl groups is 1. The van der Waals surface area contributed by atoms with Crippen molar-refractivity contribution in [3.05, 3.63) is 42.2 Å². The standard InChI is InChI=1S/C13H19FN2O/c1-3-6-16(7-8-17)13-5-4-11(10(2)15)9-12(13)14/h3-5,9-10,17H,1,6-8,15H2,2H3/t10-/m0/s1. The minimum atomic E-state index is -0.324. The second-order valence-corrected chi connectivity index (χ2v) is 3.96. The zero-order valence-corrected chi connectivity index (χ0v) is 10.1. The molecule has 0 aromatic heterocycles. The molecule has 0 unspecified atom stereocenters. The third kappa shape index (κ3) is 3.54. The van der Waals surface area contributed by atoms with Gasteiger partial charge < -0.3 is 15.7 Å². The van der Waals surface area contributed by atoms with Gasteiger partial charge in [-0.15, -0.1) is 6.58 Å². The van der Waals surface area contributed by atoms with Crippen LogP contribution in [-0.2, 0) is 0 Å². The number of anilines is 1. The summed E-state index contributed by atoms with van der Waals surface area (Å²) in [6, 6.07) is 4.74. The highest BCUT2D eigenvalue weighted by Crippen LogP contribution is 2.22. The van der Waals surface area contributed by atoms with E-state index in [2.05, 4.69) is 6.58 Å². The molecule has 0 fully saturated rings. The fourth-order valence-electron chi connectivity index (χ4n) is 1.65. The Hall–Kier alpha value is -1.39. The van der Waals surface area contributed by atoms with Crippen LogP contribution in [0.5, 0.6) is 0 Å². The molecule has 94 valence electrons. The minimum Gasteiger partial charge on any atom is -0.395 e.